The van der Waals surface area contributed by atoms with Gasteiger partial charge in [-0.2, -0.15) is 0 Å². The second kappa shape index (κ2) is 14.4. The predicted octanol–water partition coefficient (Wildman–Crippen LogP) is 19.2. The number of benzene rings is 13. The maximum Gasteiger partial charge on any atom is 0.136 e. The molecule has 0 saturated carbocycles. The average Bonchev–Trinajstić information content (AvgIpc) is 3.92. The van der Waals surface area contributed by atoms with Crippen molar-refractivity contribution in [3.8, 4) is 27.9 Å². The first kappa shape index (κ1) is 38.4. The van der Waals surface area contributed by atoms with E-state index in [0.717, 1.165) is 33.2 Å². The molecule has 13 aromatic carbocycles. The van der Waals surface area contributed by atoms with E-state index in [1.165, 1.54) is 119 Å². The van der Waals surface area contributed by atoms with Gasteiger partial charge in [-0.15, -0.1) is 0 Å². The molecule has 0 amide bonds. The second-order valence-electron chi connectivity index (χ2n) is 19.4. The lowest BCUT2D eigenvalue weighted by Gasteiger charge is -2.18. The molecule has 2 nitrogen and oxygen atoms in total. The Morgan fingerprint density at radius 3 is 1.45 bits per heavy atom. The molecule has 0 saturated heterocycles. The van der Waals surface area contributed by atoms with Crippen molar-refractivity contribution >= 4 is 119 Å². The molecular formula is C67H43NO. The standard InChI is InChI=1S/C67H43NO/c1-39(2)40-24-25-43-33-60-50-28-26-44(34-62(50)68(47-16-4-3-5-17-47)63(60)35-46(43)30-40)66-52-20-10-12-22-54(52)67(55-23-13-11-21-53(55)66)45-27-29-51-61-37-58-57-32-42-15-7-6-14-41(42)31-56(57)48-18-8-9-19-49(48)59(58)38-65(61)69-64(51)36-45/h3-39H,1-2H3. The van der Waals surface area contributed by atoms with Crippen molar-refractivity contribution in [1.82, 2.24) is 4.57 Å². The highest BCUT2D eigenvalue weighted by Gasteiger charge is 2.21. The van der Waals surface area contributed by atoms with Crippen LogP contribution in [0.25, 0.3) is 147 Å². The first-order valence-electron chi connectivity index (χ1n) is 24.2. The lowest BCUT2D eigenvalue weighted by atomic mass is 9.85. The molecule has 0 aliphatic rings. The molecule has 0 radical (unpaired) electrons. The van der Waals surface area contributed by atoms with Crippen LogP contribution in [0.3, 0.4) is 0 Å². The molecule has 0 fully saturated rings. The van der Waals surface area contributed by atoms with Crippen LogP contribution in [0, 0.1) is 0 Å². The molecule has 15 rings (SSSR count). The normalized spacial score (nSPS) is 12.3. The van der Waals surface area contributed by atoms with Crippen LogP contribution in [0.5, 0.6) is 0 Å². The Bertz CT molecular complexity index is 4630. The molecule has 2 heteroatoms. The van der Waals surface area contributed by atoms with Crippen LogP contribution in [0.15, 0.2) is 223 Å². The van der Waals surface area contributed by atoms with Gasteiger partial charge in [-0.25, -0.2) is 0 Å². The van der Waals surface area contributed by atoms with Crippen molar-refractivity contribution in [2.75, 3.05) is 0 Å². The Balaban J connectivity index is 0.945. The molecule has 0 aliphatic carbocycles. The number of nitrogens with zero attached hydrogens (tertiary/aromatic N) is 1. The highest BCUT2D eigenvalue weighted by molar-refractivity contribution is 6.30. The Morgan fingerprint density at radius 2 is 0.797 bits per heavy atom. The van der Waals surface area contributed by atoms with Crippen LogP contribution in [-0.4, -0.2) is 4.57 Å². The lowest BCUT2D eigenvalue weighted by Crippen LogP contribution is -1.94. The van der Waals surface area contributed by atoms with E-state index in [9.17, 15) is 0 Å². The zero-order valence-corrected chi connectivity index (χ0v) is 38.2. The van der Waals surface area contributed by atoms with Gasteiger partial charge in [0.15, 0.2) is 0 Å². The maximum atomic E-state index is 6.92. The number of para-hydroxylation sites is 1. The summed E-state index contributed by atoms with van der Waals surface area (Å²) in [5.74, 6) is 0.461. The molecule has 0 N–H and O–H groups in total. The van der Waals surface area contributed by atoms with Crippen molar-refractivity contribution in [3.05, 3.63) is 224 Å². The quantitative estimate of drug-likeness (QED) is 0.127. The Kier molecular flexibility index (Phi) is 8.01. The van der Waals surface area contributed by atoms with E-state index in [4.69, 9.17) is 4.42 Å². The largest absolute Gasteiger partial charge is 0.456 e. The van der Waals surface area contributed by atoms with Gasteiger partial charge in [0, 0.05) is 27.2 Å². The van der Waals surface area contributed by atoms with E-state index in [0.29, 0.717) is 5.92 Å². The van der Waals surface area contributed by atoms with E-state index >= 15 is 0 Å². The van der Waals surface area contributed by atoms with Gasteiger partial charge in [-0.3, -0.25) is 0 Å². The number of aromatic nitrogens is 1. The molecule has 15 aromatic rings. The molecule has 0 bridgehead atoms. The Morgan fingerprint density at radius 1 is 0.304 bits per heavy atom. The second-order valence-corrected chi connectivity index (χ2v) is 19.4. The van der Waals surface area contributed by atoms with Gasteiger partial charge in [0.25, 0.3) is 0 Å². The van der Waals surface area contributed by atoms with E-state index in [2.05, 4.69) is 237 Å². The average molecular weight is 878 g/mol. The molecule has 0 unspecified atom stereocenters. The summed E-state index contributed by atoms with van der Waals surface area (Å²) in [6.45, 7) is 4.54. The van der Waals surface area contributed by atoms with Gasteiger partial charge in [-0.1, -0.05) is 166 Å². The summed E-state index contributed by atoms with van der Waals surface area (Å²) >= 11 is 0. The van der Waals surface area contributed by atoms with Crippen LogP contribution >= 0.6 is 0 Å². The van der Waals surface area contributed by atoms with Crippen LogP contribution in [-0.2, 0) is 0 Å². The van der Waals surface area contributed by atoms with Gasteiger partial charge in [0.2, 0.25) is 0 Å². The van der Waals surface area contributed by atoms with Crippen molar-refractivity contribution in [2.24, 2.45) is 0 Å². The highest BCUT2D eigenvalue weighted by Crippen LogP contribution is 2.47. The fraction of sp³-hybridized carbons (Fsp3) is 0.0448. The van der Waals surface area contributed by atoms with Crippen molar-refractivity contribution < 1.29 is 4.42 Å². The monoisotopic (exact) mass is 877 g/mol. The van der Waals surface area contributed by atoms with Crippen molar-refractivity contribution in [3.63, 3.8) is 0 Å². The third-order valence-electron chi connectivity index (χ3n) is 15.2. The summed E-state index contributed by atoms with van der Waals surface area (Å²) in [5, 5.41) is 22.2. The first-order chi connectivity index (χ1) is 34.0. The fourth-order valence-corrected chi connectivity index (χ4v) is 12.0. The number of hydrogen-bond donors (Lipinski definition) is 0. The first-order valence-corrected chi connectivity index (χ1v) is 24.2. The number of fused-ring (bicyclic) bond motifs is 16. The van der Waals surface area contributed by atoms with Gasteiger partial charge in [0.1, 0.15) is 11.2 Å². The molecule has 69 heavy (non-hydrogen) atoms. The van der Waals surface area contributed by atoms with Crippen LogP contribution in [0.4, 0.5) is 0 Å². The molecule has 0 aliphatic heterocycles. The molecule has 2 aromatic heterocycles. The van der Waals surface area contributed by atoms with Gasteiger partial charge in [-0.05, 0) is 176 Å². The summed E-state index contributed by atoms with van der Waals surface area (Å²) in [6.07, 6.45) is 0. The number of furan rings is 1. The van der Waals surface area contributed by atoms with Crippen LogP contribution in [0.1, 0.15) is 25.3 Å². The third-order valence-corrected chi connectivity index (χ3v) is 15.2. The fourth-order valence-electron chi connectivity index (χ4n) is 12.0. The Labute approximate surface area is 397 Å². The predicted molar refractivity (Wildman–Crippen MR) is 296 cm³/mol. The minimum Gasteiger partial charge on any atom is -0.456 e. The van der Waals surface area contributed by atoms with Crippen LogP contribution < -0.4 is 0 Å². The van der Waals surface area contributed by atoms with Gasteiger partial charge >= 0.3 is 0 Å². The molecular weight excluding hydrogens is 835 g/mol. The van der Waals surface area contributed by atoms with Crippen molar-refractivity contribution in [2.45, 2.75) is 19.8 Å². The third kappa shape index (κ3) is 5.61. The van der Waals surface area contributed by atoms with Crippen molar-refractivity contribution in [1.29, 1.82) is 0 Å². The minimum absolute atomic E-state index is 0.461. The zero-order chi connectivity index (χ0) is 45.5. The SMILES string of the molecule is CC(C)c1ccc2cc3c4ccc(-c5c6ccccc6c(-c6ccc7c(c6)oc6cc8c9ccccc9c9cc%10ccccc%10cc9c8cc67)c6ccccc56)cc4n(-c4ccccc4)c3cc2c1. The summed E-state index contributed by atoms with van der Waals surface area (Å²) in [6, 6.07) is 81.4. The van der Waals surface area contributed by atoms with Gasteiger partial charge in [0.05, 0.1) is 11.0 Å². The summed E-state index contributed by atoms with van der Waals surface area (Å²) < 4.78 is 9.39. The van der Waals surface area contributed by atoms with Gasteiger partial charge < -0.3 is 8.98 Å². The summed E-state index contributed by atoms with van der Waals surface area (Å²) in [4.78, 5) is 0. The Hall–Kier alpha value is -8.72. The highest BCUT2D eigenvalue weighted by atomic mass is 16.3. The maximum absolute atomic E-state index is 6.92. The van der Waals surface area contributed by atoms with E-state index in [-0.39, 0.29) is 0 Å². The van der Waals surface area contributed by atoms with E-state index in [1.807, 2.05) is 0 Å². The van der Waals surface area contributed by atoms with E-state index in [1.54, 1.807) is 0 Å². The molecule has 2 heterocycles. The smallest absolute Gasteiger partial charge is 0.136 e. The van der Waals surface area contributed by atoms with Crippen LogP contribution in [0.2, 0.25) is 0 Å². The minimum atomic E-state index is 0.461. The number of rotatable bonds is 4. The molecule has 0 spiro atoms. The molecule has 322 valence electrons. The summed E-state index contributed by atoms with van der Waals surface area (Å²) in [7, 11) is 0. The zero-order valence-electron chi connectivity index (χ0n) is 38.2. The molecule has 0 atom stereocenters. The van der Waals surface area contributed by atoms with E-state index < -0.39 is 0 Å². The number of hydrogen-bond acceptors (Lipinski definition) is 1. The summed E-state index contributed by atoms with van der Waals surface area (Å²) in [5.41, 5.74) is 11.5. The lowest BCUT2D eigenvalue weighted by molar-refractivity contribution is 0.669. The topological polar surface area (TPSA) is 18.1 Å².